The molecule has 0 spiro atoms. The smallest absolute Gasteiger partial charge is 0.336 e. The lowest BCUT2D eigenvalue weighted by Gasteiger charge is -2.27. The number of hydrogen-bond acceptors (Lipinski definition) is 5. The zero-order chi connectivity index (χ0) is 23.8. The van der Waals surface area contributed by atoms with Crippen LogP contribution in [0.2, 0.25) is 0 Å². The standard InChI is InChI=1S/C26H16N2O6/c29-23-20(14-16-12-13-22(34-16)18-9-3-4-10-19(18)25(31)32)24(30)28(26(33)27-23)21-11-5-7-15-6-1-2-8-17(15)21/h1-14H,(H,31,32)(H,27,29,33)/b20-14+. The SMILES string of the molecule is O=C1NC(=O)N(c2cccc3ccccc23)C(=O)/C1=C/c1ccc(-c2ccccc2C(=O)O)o1. The van der Waals surface area contributed by atoms with E-state index in [1.54, 1.807) is 48.5 Å². The molecule has 8 nitrogen and oxygen atoms in total. The van der Waals surface area contributed by atoms with Crippen molar-refractivity contribution in [1.82, 2.24) is 5.32 Å². The second kappa shape index (κ2) is 8.18. The van der Waals surface area contributed by atoms with Gasteiger partial charge in [0.15, 0.2) is 0 Å². The summed E-state index contributed by atoms with van der Waals surface area (Å²) in [6.07, 6.45) is 1.23. The molecule has 0 atom stereocenters. The topological polar surface area (TPSA) is 117 Å². The number of urea groups is 1. The molecule has 0 aliphatic carbocycles. The van der Waals surface area contributed by atoms with Crippen LogP contribution in [0, 0.1) is 0 Å². The summed E-state index contributed by atoms with van der Waals surface area (Å²) < 4.78 is 5.72. The first-order valence-corrected chi connectivity index (χ1v) is 10.3. The molecule has 166 valence electrons. The van der Waals surface area contributed by atoms with E-state index in [0.29, 0.717) is 16.6 Å². The second-order valence-corrected chi connectivity index (χ2v) is 7.51. The molecular formula is C26H16N2O6. The highest BCUT2D eigenvalue weighted by Gasteiger charge is 2.37. The third-order valence-electron chi connectivity index (χ3n) is 5.45. The van der Waals surface area contributed by atoms with E-state index in [1.165, 1.54) is 18.2 Å². The second-order valence-electron chi connectivity index (χ2n) is 7.51. The Bertz CT molecular complexity index is 1530. The van der Waals surface area contributed by atoms with Gasteiger partial charge in [0.25, 0.3) is 11.8 Å². The van der Waals surface area contributed by atoms with Crippen molar-refractivity contribution >= 4 is 46.4 Å². The largest absolute Gasteiger partial charge is 0.478 e. The zero-order valence-electron chi connectivity index (χ0n) is 17.5. The number of nitrogens with zero attached hydrogens (tertiary/aromatic N) is 1. The summed E-state index contributed by atoms with van der Waals surface area (Å²) in [5.41, 5.74) is 0.455. The van der Waals surface area contributed by atoms with Crippen LogP contribution in [-0.4, -0.2) is 28.9 Å². The Morgan fingerprint density at radius 1 is 0.882 bits per heavy atom. The lowest BCUT2D eigenvalue weighted by atomic mass is 10.1. The number of nitrogens with one attached hydrogen (secondary N) is 1. The molecule has 2 N–H and O–H groups in total. The van der Waals surface area contributed by atoms with Crippen LogP contribution in [0.5, 0.6) is 0 Å². The maximum atomic E-state index is 13.3. The zero-order valence-corrected chi connectivity index (χ0v) is 17.5. The van der Waals surface area contributed by atoms with E-state index in [0.717, 1.165) is 10.3 Å². The Morgan fingerprint density at radius 3 is 2.44 bits per heavy atom. The van der Waals surface area contributed by atoms with Crippen LogP contribution in [0.4, 0.5) is 10.5 Å². The van der Waals surface area contributed by atoms with E-state index in [2.05, 4.69) is 5.32 Å². The van der Waals surface area contributed by atoms with Gasteiger partial charge in [-0.05, 0) is 35.7 Å². The fourth-order valence-corrected chi connectivity index (χ4v) is 3.88. The van der Waals surface area contributed by atoms with Gasteiger partial charge in [0.2, 0.25) is 0 Å². The van der Waals surface area contributed by atoms with Crippen molar-refractivity contribution in [2.24, 2.45) is 0 Å². The third kappa shape index (κ3) is 3.53. The lowest BCUT2D eigenvalue weighted by Crippen LogP contribution is -2.54. The van der Waals surface area contributed by atoms with E-state index >= 15 is 0 Å². The van der Waals surface area contributed by atoms with E-state index < -0.39 is 23.8 Å². The van der Waals surface area contributed by atoms with Gasteiger partial charge >= 0.3 is 12.0 Å². The number of anilines is 1. The van der Waals surface area contributed by atoms with Crippen molar-refractivity contribution < 1.29 is 28.7 Å². The summed E-state index contributed by atoms with van der Waals surface area (Å²) in [6.45, 7) is 0. The number of carboxylic acids is 1. The van der Waals surface area contributed by atoms with E-state index in [9.17, 15) is 24.3 Å². The summed E-state index contributed by atoms with van der Waals surface area (Å²) >= 11 is 0. The molecule has 0 radical (unpaired) electrons. The molecule has 0 unspecified atom stereocenters. The highest BCUT2D eigenvalue weighted by atomic mass is 16.4. The molecule has 0 bridgehead atoms. The molecule has 1 aliphatic heterocycles. The maximum Gasteiger partial charge on any atom is 0.336 e. The van der Waals surface area contributed by atoms with Gasteiger partial charge in [0, 0.05) is 10.9 Å². The minimum absolute atomic E-state index is 0.0512. The number of fused-ring (bicyclic) bond motifs is 1. The fourth-order valence-electron chi connectivity index (χ4n) is 3.88. The molecule has 4 amide bonds. The van der Waals surface area contributed by atoms with Crippen molar-refractivity contribution in [3.63, 3.8) is 0 Å². The molecule has 34 heavy (non-hydrogen) atoms. The molecule has 4 aromatic rings. The monoisotopic (exact) mass is 452 g/mol. The van der Waals surface area contributed by atoms with Crippen LogP contribution >= 0.6 is 0 Å². The summed E-state index contributed by atoms with van der Waals surface area (Å²) in [4.78, 5) is 50.8. The van der Waals surface area contributed by atoms with Crippen LogP contribution < -0.4 is 10.2 Å². The molecule has 8 heteroatoms. The van der Waals surface area contributed by atoms with Gasteiger partial charge in [-0.2, -0.15) is 0 Å². The fraction of sp³-hybridized carbons (Fsp3) is 0. The number of barbiturate groups is 1. The molecule has 0 saturated carbocycles. The van der Waals surface area contributed by atoms with Crippen molar-refractivity contribution in [2.45, 2.75) is 0 Å². The number of hydrogen-bond donors (Lipinski definition) is 2. The van der Waals surface area contributed by atoms with Gasteiger partial charge in [-0.1, -0.05) is 54.6 Å². The molecule has 1 fully saturated rings. The van der Waals surface area contributed by atoms with Crippen molar-refractivity contribution in [2.75, 3.05) is 4.90 Å². The van der Waals surface area contributed by atoms with E-state index in [1.807, 2.05) is 18.2 Å². The summed E-state index contributed by atoms with van der Waals surface area (Å²) in [5.74, 6) is -2.35. The number of amides is 4. The average molecular weight is 452 g/mol. The molecular weight excluding hydrogens is 436 g/mol. The summed E-state index contributed by atoms with van der Waals surface area (Å²) in [6, 6.07) is 21.0. The Hall–Kier alpha value is -4.98. The predicted molar refractivity (Wildman–Crippen MR) is 124 cm³/mol. The number of furan rings is 1. The van der Waals surface area contributed by atoms with Crippen LogP contribution in [0.3, 0.4) is 0 Å². The van der Waals surface area contributed by atoms with Gasteiger partial charge < -0.3 is 9.52 Å². The first-order chi connectivity index (χ1) is 16.4. The number of carboxylic acid groups (broad SMARTS) is 1. The van der Waals surface area contributed by atoms with Crippen molar-refractivity contribution in [3.8, 4) is 11.3 Å². The Balaban J connectivity index is 1.54. The van der Waals surface area contributed by atoms with Crippen LogP contribution in [0.1, 0.15) is 16.1 Å². The van der Waals surface area contributed by atoms with E-state index in [-0.39, 0.29) is 22.7 Å². The van der Waals surface area contributed by atoms with E-state index in [4.69, 9.17) is 4.42 Å². The number of aromatic carboxylic acids is 1. The Labute approximate surface area is 192 Å². The number of benzene rings is 3. The van der Waals surface area contributed by atoms with Crippen molar-refractivity contribution in [3.05, 3.63) is 95.8 Å². The van der Waals surface area contributed by atoms with Crippen molar-refractivity contribution in [1.29, 1.82) is 0 Å². The maximum absolute atomic E-state index is 13.3. The predicted octanol–water partition coefficient (Wildman–Crippen LogP) is 4.46. The molecule has 1 aromatic heterocycles. The number of imide groups is 2. The summed E-state index contributed by atoms with van der Waals surface area (Å²) in [7, 11) is 0. The third-order valence-corrected chi connectivity index (χ3v) is 5.45. The van der Waals surface area contributed by atoms with Gasteiger partial charge in [-0.25, -0.2) is 14.5 Å². The molecule has 5 rings (SSSR count). The van der Waals surface area contributed by atoms with Gasteiger partial charge in [0.05, 0.1) is 11.3 Å². The first kappa shape index (κ1) is 20.9. The van der Waals surface area contributed by atoms with Gasteiger partial charge in [0.1, 0.15) is 17.1 Å². The lowest BCUT2D eigenvalue weighted by molar-refractivity contribution is -0.122. The molecule has 3 aromatic carbocycles. The first-order valence-electron chi connectivity index (χ1n) is 10.3. The van der Waals surface area contributed by atoms with Crippen LogP contribution in [0.25, 0.3) is 28.2 Å². The van der Waals surface area contributed by atoms with Gasteiger partial charge in [-0.15, -0.1) is 0 Å². The summed E-state index contributed by atoms with van der Waals surface area (Å²) in [5, 5.41) is 13.1. The molecule has 2 heterocycles. The minimum atomic E-state index is -1.11. The number of carbonyl (C=O) groups excluding carboxylic acids is 3. The normalized spacial score (nSPS) is 15.1. The quantitative estimate of drug-likeness (QED) is 0.349. The van der Waals surface area contributed by atoms with Gasteiger partial charge in [-0.3, -0.25) is 14.9 Å². The van der Waals surface area contributed by atoms with Crippen LogP contribution in [0.15, 0.2) is 88.9 Å². The highest BCUT2D eigenvalue weighted by Crippen LogP contribution is 2.31. The Kier molecular flexibility index (Phi) is 5.03. The molecule has 1 saturated heterocycles. The molecule has 1 aliphatic rings. The minimum Gasteiger partial charge on any atom is -0.478 e. The average Bonchev–Trinajstić information content (AvgIpc) is 3.30. The highest BCUT2D eigenvalue weighted by molar-refractivity contribution is 6.40. The number of rotatable bonds is 4. The van der Waals surface area contributed by atoms with Crippen LogP contribution in [-0.2, 0) is 9.59 Å². The Morgan fingerprint density at radius 2 is 1.62 bits per heavy atom. The number of carbonyl (C=O) groups is 4.